The van der Waals surface area contributed by atoms with Gasteiger partial charge >= 0.3 is 5.97 Å². The fourth-order valence-corrected chi connectivity index (χ4v) is 3.81. The Labute approximate surface area is 189 Å². The van der Waals surface area contributed by atoms with Crippen LogP contribution < -0.4 is 14.8 Å². The largest absolute Gasteiger partial charge is 0.497 e. The maximum Gasteiger partial charge on any atom is 0.341 e. The predicted octanol–water partition coefficient (Wildman–Crippen LogP) is 4.35. The van der Waals surface area contributed by atoms with Gasteiger partial charge in [-0.2, -0.15) is 0 Å². The van der Waals surface area contributed by atoms with E-state index in [2.05, 4.69) is 5.32 Å². The van der Waals surface area contributed by atoms with Crippen LogP contribution in [-0.4, -0.2) is 45.4 Å². The van der Waals surface area contributed by atoms with Gasteiger partial charge in [0.25, 0.3) is 0 Å². The Balaban J connectivity index is 1.91. The first-order chi connectivity index (χ1) is 15.4. The Morgan fingerprint density at radius 1 is 1.09 bits per heavy atom. The van der Waals surface area contributed by atoms with Crippen molar-refractivity contribution in [2.75, 3.05) is 32.8 Å². The summed E-state index contributed by atoms with van der Waals surface area (Å²) in [5.74, 6) is 0.504. The molecule has 0 unspecified atom stereocenters. The molecule has 1 amide bonds. The molecule has 0 bridgehead atoms. The fourth-order valence-electron chi connectivity index (χ4n) is 3.81. The summed E-state index contributed by atoms with van der Waals surface area (Å²) in [5, 5.41) is 3.00. The standard InChI is InChI=1S/C25H31NO6/c1-5-17(2)32-22-11-8-19(16-21(22)23(27)30-4)26-24(28)25(12-14-31-15-13-25)18-6-9-20(29-3)10-7-18/h6-11,16-17H,5,12-15H2,1-4H3,(H,26,28)/t17-/m0/s1. The van der Waals surface area contributed by atoms with Crippen molar-refractivity contribution in [2.24, 2.45) is 0 Å². The molecule has 1 fully saturated rings. The molecule has 0 aromatic heterocycles. The molecule has 1 aliphatic heterocycles. The van der Waals surface area contributed by atoms with Gasteiger partial charge in [0.2, 0.25) is 5.91 Å². The monoisotopic (exact) mass is 441 g/mol. The number of nitrogens with one attached hydrogen (secondary N) is 1. The van der Waals surface area contributed by atoms with E-state index in [1.807, 2.05) is 38.1 Å². The molecule has 2 aromatic rings. The first-order valence-corrected chi connectivity index (χ1v) is 10.9. The van der Waals surface area contributed by atoms with Gasteiger partial charge in [-0.25, -0.2) is 4.79 Å². The first-order valence-electron chi connectivity index (χ1n) is 10.9. The van der Waals surface area contributed by atoms with Gasteiger partial charge in [-0.15, -0.1) is 0 Å². The topological polar surface area (TPSA) is 83.1 Å². The van der Waals surface area contributed by atoms with Crippen molar-refractivity contribution < 1.29 is 28.5 Å². The van der Waals surface area contributed by atoms with Crippen molar-refractivity contribution in [3.63, 3.8) is 0 Å². The number of methoxy groups -OCH3 is 2. The Morgan fingerprint density at radius 3 is 2.38 bits per heavy atom. The zero-order valence-corrected chi connectivity index (χ0v) is 19.1. The van der Waals surface area contributed by atoms with Crippen molar-refractivity contribution in [3.05, 3.63) is 53.6 Å². The van der Waals surface area contributed by atoms with Crippen LogP contribution in [0.25, 0.3) is 0 Å². The highest BCUT2D eigenvalue weighted by molar-refractivity contribution is 6.01. The third-order valence-corrected chi connectivity index (χ3v) is 5.97. The smallest absolute Gasteiger partial charge is 0.341 e. The number of anilines is 1. The number of carbonyl (C=O) groups is 2. The average molecular weight is 442 g/mol. The molecular weight excluding hydrogens is 410 g/mol. The van der Waals surface area contributed by atoms with E-state index in [-0.39, 0.29) is 17.6 Å². The second kappa shape index (κ2) is 10.5. The maximum absolute atomic E-state index is 13.6. The molecule has 32 heavy (non-hydrogen) atoms. The summed E-state index contributed by atoms with van der Waals surface area (Å²) in [5.41, 5.74) is 0.952. The number of amides is 1. The van der Waals surface area contributed by atoms with Gasteiger partial charge < -0.3 is 24.3 Å². The van der Waals surface area contributed by atoms with Gasteiger partial charge in [0.1, 0.15) is 17.1 Å². The summed E-state index contributed by atoms with van der Waals surface area (Å²) in [4.78, 5) is 25.9. The highest BCUT2D eigenvalue weighted by Crippen LogP contribution is 2.37. The van der Waals surface area contributed by atoms with Crippen LogP contribution in [0.5, 0.6) is 11.5 Å². The maximum atomic E-state index is 13.6. The molecule has 0 aliphatic carbocycles. The Kier molecular flexibility index (Phi) is 7.75. The zero-order chi connectivity index (χ0) is 23.1. The van der Waals surface area contributed by atoms with Gasteiger partial charge in [0.05, 0.1) is 25.7 Å². The molecule has 3 rings (SSSR count). The van der Waals surface area contributed by atoms with Crippen molar-refractivity contribution in [2.45, 2.75) is 44.6 Å². The van der Waals surface area contributed by atoms with Crippen LogP contribution >= 0.6 is 0 Å². The fraction of sp³-hybridized carbons (Fsp3) is 0.440. The molecular formula is C25H31NO6. The Morgan fingerprint density at radius 2 is 1.78 bits per heavy atom. The minimum Gasteiger partial charge on any atom is -0.497 e. The normalized spacial score (nSPS) is 16.0. The van der Waals surface area contributed by atoms with E-state index in [1.165, 1.54) is 7.11 Å². The number of hydrogen-bond acceptors (Lipinski definition) is 6. The van der Waals surface area contributed by atoms with Crippen LogP contribution in [0.4, 0.5) is 5.69 Å². The van der Waals surface area contributed by atoms with E-state index in [4.69, 9.17) is 18.9 Å². The van der Waals surface area contributed by atoms with E-state index < -0.39 is 11.4 Å². The van der Waals surface area contributed by atoms with Gasteiger partial charge in [0.15, 0.2) is 0 Å². The number of ether oxygens (including phenoxy) is 4. The molecule has 1 atom stereocenters. The minimum absolute atomic E-state index is 0.0561. The second-order valence-electron chi connectivity index (χ2n) is 7.92. The van der Waals surface area contributed by atoms with Gasteiger partial charge in [-0.3, -0.25) is 4.79 Å². The molecule has 0 radical (unpaired) electrons. The number of rotatable bonds is 8. The van der Waals surface area contributed by atoms with Crippen molar-refractivity contribution in [1.29, 1.82) is 0 Å². The molecule has 1 saturated heterocycles. The Bertz CT molecular complexity index is 934. The van der Waals surface area contributed by atoms with Crippen LogP contribution in [0.2, 0.25) is 0 Å². The number of benzene rings is 2. The van der Waals surface area contributed by atoms with Gasteiger partial charge in [0, 0.05) is 18.9 Å². The summed E-state index contributed by atoms with van der Waals surface area (Å²) in [6.07, 6.45) is 1.86. The van der Waals surface area contributed by atoms with Crippen LogP contribution in [0.1, 0.15) is 49.0 Å². The minimum atomic E-state index is -0.734. The quantitative estimate of drug-likeness (QED) is 0.614. The summed E-state index contributed by atoms with van der Waals surface area (Å²) >= 11 is 0. The Hall–Kier alpha value is -3.06. The molecule has 1 heterocycles. The van der Waals surface area contributed by atoms with Crippen LogP contribution in [-0.2, 0) is 19.7 Å². The molecule has 0 spiro atoms. The molecule has 1 N–H and O–H groups in total. The van der Waals surface area contributed by atoms with E-state index in [0.717, 1.165) is 17.7 Å². The van der Waals surface area contributed by atoms with Crippen LogP contribution in [0.3, 0.4) is 0 Å². The van der Waals surface area contributed by atoms with Crippen molar-refractivity contribution in [1.82, 2.24) is 0 Å². The number of carbonyl (C=O) groups excluding carboxylic acids is 2. The highest BCUT2D eigenvalue weighted by Gasteiger charge is 2.41. The average Bonchev–Trinajstić information content (AvgIpc) is 2.84. The highest BCUT2D eigenvalue weighted by atomic mass is 16.5. The molecule has 0 saturated carbocycles. The van der Waals surface area contributed by atoms with E-state index >= 15 is 0 Å². The predicted molar refractivity (Wildman–Crippen MR) is 122 cm³/mol. The lowest BCUT2D eigenvalue weighted by molar-refractivity contribution is -0.125. The lowest BCUT2D eigenvalue weighted by atomic mass is 9.73. The summed E-state index contributed by atoms with van der Waals surface area (Å²) < 4.78 is 21.6. The van der Waals surface area contributed by atoms with Crippen molar-refractivity contribution >= 4 is 17.6 Å². The first kappa shape index (κ1) is 23.6. The summed E-state index contributed by atoms with van der Waals surface area (Å²) in [6.45, 7) is 4.92. The number of hydrogen-bond donors (Lipinski definition) is 1. The zero-order valence-electron chi connectivity index (χ0n) is 19.1. The second-order valence-corrected chi connectivity index (χ2v) is 7.92. The van der Waals surface area contributed by atoms with Gasteiger partial charge in [-0.05, 0) is 62.1 Å². The third-order valence-electron chi connectivity index (χ3n) is 5.97. The third kappa shape index (κ3) is 5.05. The molecule has 1 aliphatic rings. The van der Waals surface area contributed by atoms with E-state index in [0.29, 0.717) is 37.5 Å². The summed E-state index contributed by atoms with van der Waals surface area (Å²) in [6, 6.07) is 12.6. The van der Waals surface area contributed by atoms with Crippen molar-refractivity contribution in [3.8, 4) is 11.5 Å². The lowest BCUT2D eigenvalue weighted by Gasteiger charge is -2.36. The van der Waals surface area contributed by atoms with Crippen LogP contribution in [0.15, 0.2) is 42.5 Å². The molecule has 7 nitrogen and oxygen atoms in total. The number of esters is 1. The van der Waals surface area contributed by atoms with E-state index in [1.54, 1.807) is 25.3 Å². The molecule has 172 valence electrons. The molecule has 2 aromatic carbocycles. The lowest BCUT2D eigenvalue weighted by Crippen LogP contribution is -2.44. The summed E-state index contributed by atoms with van der Waals surface area (Å²) in [7, 11) is 2.93. The van der Waals surface area contributed by atoms with Crippen LogP contribution in [0, 0.1) is 0 Å². The van der Waals surface area contributed by atoms with E-state index in [9.17, 15) is 9.59 Å². The van der Waals surface area contributed by atoms with Gasteiger partial charge in [-0.1, -0.05) is 19.1 Å². The SMILES string of the molecule is CC[C@H](C)Oc1ccc(NC(=O)C2(c3ccc(OC)cc3)CCOCC2)cc1C(=O)OC. The molecule has 7 heteroatoms.